The lowest BCUT2D eigenvalue weighted by Gasteiger charge is -1.93. The highest BCUT2D eigenvalue weighted by Crippen LogP contribution is 2.35. The Morgan fingerprint density at radius 2 is 1.60 bits per heavy atom. The van der Waals surface area contributed by atoms with Crippen LogP contribution in [0.1, 0.15) is 5.56 Å². The minimum Gasteiger partial charge on any atom is -0.499 e. The fraction of sp³-hybridized carbons (Fsp3) is 0. The van der Waals surface area contributed by atoms with E-state index in [0.29, 0.717) is 10.7 Å². The van der Waals surface area contributed by atoms with Crippen LogP contribution >= 0.6 is 22.7 Å². The number of aliphatic imine (C=N–C) groups is 1. The van der Waals surface area contributed by atoms with Crippen molar-refractivity contribution in [3.63, 3.8) is 0 Å². The van der Waals surface area contributed by atoms with Crippen molar-refractivity contribution in [2.24, 2.45) is 4.99 Å². The van der Waals surface area contributed by atoms with Crippen LogP contribution in [0.2, 0.25) is 0 Å². The molecule has 0 saturated carbocycles. The van der Waals surface area contributed by atoms with Crippen LogP contribution in [0, 0.1) is 0 Å². The van der Waals surface area contributed by atoms with Gasteiger partial charge in [0, 0.05) is 27.6 Å². The van der Waals surface area contributed by atoms with Gasteiger partial charge in [-0.15, -0.1) is 11.3 Å². The number of benzene rings is 2. The molecule has 1 N–H and O–H groups in total. The van der Waals surface area contributed by atoms with E-state index in [1.54, 1.807) is 6.21 Å². The van der Waals surface area contributed by atoms with Crippen LogP contribution in [0.25, 0.3) is 21.7 Å². The van der Waals surface area contributed by atoms with Crippen molar-refractivity contribution in [1.29, 1.82) is 0 Å². The van der Waals surface area contributed by atoms with Gasteiger partial charge >= 0.3 is 0 Å². The zero-order chi connectivity index (χ0) is 17.1. The van der Waals surface area contributed by atoms with Crippen molar-refractivity contribution in [3.05, 3.63) is 77.7 Å². The van der Waals surface area contributed by atoms with E-state index < -0.39 is 0 Å². The Morgan fingerprint density at radius 3 is 2.32 bits per heavy atom. The molecule has 2 heterocycles. The maximum absolute atomic E-state index is 10.2. The normalized spacial score (nSPS) is 11.2. The first-order valence-electron chi connectivity index (χ1n) is 7.73. The Kier molecular flexibility index (Phi) is 4.41. The first kappa shape index (κ1) is 15.7. The summed E-state index contributed by atoms with van der Waals surface area (Å²) in [6.07, 6.45) is 1.67. The SMILES string of the molecule is Oc1sc(-c2ccccc2)cc1/C=N/c1nc(-c2ccccc2)cs1. The van der Waals surface area contributed by atoms with Gasteiger partial charge in [0.15, 0.2) is 5.06 Å². The molecule has 0 bridgehead atoms. The van der Waals surface area contributed by atoms with Gasteiger partial charge in [-0.25, -0.2) is 9.98 Å². The van der Waals surface area contributed by atoms with Gasteiger partial charge in [-0.3, -0.25) is 0 Å². The van der Waals surface area contributed by atoms with Crippen LogP contribution in [-0.4, -0.2) is 16.3 Å². The first-order chi connectivity index (χ1) is 12.3. The molecule has 0 aliphatic rings. The third-order valence-electron chi connectivity index (χ3n) is 3.67. The van der Waals surface area contributed by atoms with Gasteiger partial charge in [0.05, 0.1) is 5.69 Å². The van der Waals surface area contributed by atoms with E-state index in [2.05, 4.69) is 9.98 Å². The standard InChI is InChI=1S/C20H14N2OS2/c23-19-16(11-18(25-19)15-9-5-2-6-10-15)12-21-20-22-17(13-24-20)14-7-3-1-4-8-14/h1-13,23H/b21-12+. The summed E-state index contributed by atoms with van der Waals surface area (Å²) in [5.74, 6) is 0. The molecule has 0 fully saturated rings. The first-order valence-corrected chi connectivity index (χ1v) is 9.42. The van der Waals surface area contributed by atoms with E-state index in [0.717, 1.165) is 21.7 Å². The van der Waals surface area contributed by atoms with Crippen molar-refractivity contribution in [2.45, 2.75) is 0 Å². The fourth-order valence-corrected chi connectivity index (χ4v) is 3.97. The van der Waals surface area contributed by atoms with Crippen LogP contribution < -0.4 is 0 Å². The molecule has 2 aromatic heterocycles. The minimum absolute atomic E-state index is 0.266. The van der Waals surface area contributed by atoms with Crippen molar-refractivity contribution < 1.29 is 5.11 Å². The number of nitrogens with zero attached hydrogens (tertiary/aromatic N) is 2. The smallest absolute Gasteiger partial charge is 0.209 e. The van der Waals surface area contributed by atoms with E-state index in [-0.39, 0.29) is 5.06 Å². The Bertz CT molecular complexity index is 1000. The molecule has 3 nitrogen and oxygen atoms in total. The number of rotatable bonds is 4. The molecule has 0 aliphatic heterocycles. The lowest BCUT2D eigenvalue weighted by molar-refractivity contribution is 0.490. The second-order valence-corrected chi connectivity index (χ2v) is 7.24. The number of hydrogen-bond donors (Lipinski definition) is 1. The topological polar surface area (TPSA) is 45.5 Å². The Labute approximate surface area is 153 Å². The molecule has 0 radical (unpaired) electrons. The van der Waals surface area contributed by atoms with Gasteiger partial charge in [0.25, 0.3) is 0 Å². The maximum atomic E-state index is 10.2. The average molecular weight is 362 g/mol. The van der Waals surface area contributed by atoms with E-state index in [4.69, 9.17) is 0 Å². The lowest BCUT2D eigenvalue weighted by atomic mass is 10.2. The summed E-state index contributed by atoms with van der Waals surface area (Å²) >= 11 is 2.84. The average Bonchev–Trinajstić information content (AvgIpc) is 3.28. The molecule has 25 heavy (non-hydrogen) atoms. The molecule has 122 valence electrons. The Morgan fingerprint density at radius 1 is 0.920 bits per heavy atom. The maximum Gasteiger partial charge on any atom is 0.209 e. The Hall–Kier alpha value is -2.76. The fourth-order valence-electron chi connectivity index (χ4n) is 2.42. The molecule has 5 heteroatoms. The van der Waals surface area contributed by atoms with Crippen LogP contribution in [-0.2, 0) is 0 Å². The van der Waals surface area contributed by atoms with Gasteiger partial charge < -0.3 is 5.11 Å². The predicted molar refractivity (Wildman–Crippen MR) is 106 cm³/mol. The molecule has 0 saturated heterocycles. The van der Waals surface area contributed by atoms with Crippen molar-refractivity contribution >= 4 is 34.0 Å². The molecule has 4 aromatic rings. The molecule has 4 rings (SSSR count). The van der Waals surface area contributed by atoms with Crippen LogP contribution in [0.15, 0.2) is 77.1 Å². The number of thiophene rings is 1. The molecule has 0 atom stereocenters. The summed E-state index contributed by atoms with van der Waals surface area (Å²) in [6.45, 7) is 0. The number of hydrogen-bond acceptors (Lipinski definition) is 5. The molecular weight excluding hydrogens is 348 g/mol. The highest BCUT2D eigenvalue weighted by Gasteiger charge is 2.08. The second kappa shape index (κ2) is 7.01. The summed E-state index contributed by atoms with van der Waals surface area (Å²) in [5, 5.41) is 13.1. The van der Waals surface area contributed by atoms with Gasteiger partial charge in [-0.2, -0.15) is 0 Å². The van der Waals surface area contributed by atoms with Gasteiger partial charge in [0.2, 0.25) is 5.13 Å². The summed E-state index contributed by atoms with van der Waals surface area (Å²) in [7, 11) is 0. The second-order valence-electron chi connectivity index (χ2n) is 5.38. The van der Waals surface area contributed by atoms with Crippen LogP contribution in [0.4, 0.5) is 5.13 Å². The third kappa shape index (κ3) is 3.52. The van der Waals surface area contributed by atoms with Crippen molar-refractivity contribution in [2.75, 3.05) is 0 Å². The summed E-state index contributed by atoms with van der Waals surface area (Å²) in [5.41, 5.74) is 3.78. The van der Waals surface area contributed by atoms with Crippen LogP contribution in [0.3, 0.4) is 0 Å². The van der Waals surface area contributed by atoms with Gasteiger partial charge in [-0.1, -0.05) is 72.0 Å². The summed E-state index contributed by atoms with van der Waals surface area (Å²) < 4.78 is 0. The minimum atomic E-state index is 0.266. The van der Waals surface area contributed by atoms with Gasteiger partial charge in [0.1, 0.15) is 0 Å². The van der Waals surface area contributed by atoms with E-state index in [9.17, 15) is 5.11 Å². The predicted octanol–water partition coefficient (Wildman–Crippen LogP) is 5.99. The van der Waals surface area contributed by atoms with E-state index >= 15 is 0 Å². The molecule has 0 amide bonds. The summed E-state index contributed by atoms with van der Waals surface area (Å²) in [6, 6.07) is 22.0. The van der Waals surface area contributed by atoms with Gasteiger partial charge in [-0.05, 0) is 11.6 Å². The number of thiazole rings is 1. The number of aromatic nitrogens is 1. The van der Waals surface area contributed by atoms with E-state index in [1.807, 2.05) is 72.1 Å². The quantitative estimate of drug-likeness (QED) is 0.453. The van der Waals surface area contributed by atoms with E-state index in [1.165, 1.54) is 22.7 Å². The molecule has 0 unspecified atom stereocenters. The van der Waals surface area contributed by atoms with Crippen molar-refractivity contribution in [3.8, 4) is 26.8 Å². The highest BCUT2D eigenvalue weighted by atomic mass is 32.1. The lowest BCUT2D eigenvalue weighted by Crippen LogP contribution is -1.77. The largest absolute Gasteiger partial charge is 0.499 e. The zero-order valence-electron chi connectivity index (χ0n) is 13.2. The highest BCUT2D eigenvalue weighted by molar-refractivity contribution is 7.17. The Balaban J connectivity index is 1.57. The zero-order valence-corrected chi connectivity index (χ0v) is 14.8. The monoisotopic (exact) mass is 362 g/mol. The molecule has 0 spiro atoms. The van der Waals surface area contributed by atoms with Crippen LogP contribution in [0.5, 0.6) is 5.06 Å². The third-order valence-corrected chi connectivity index (χ3v) is 5.43. The summed E-state index contributed by atoms with van der Waals surface area (Å²) in [4.78, 5) is 9.97. The van der Waals surface area contributed by atoms with Crippen molar-refractivity contribution in [1.82, 2.24) is 4.98 Å². The molecule has 2 aromatic carbocycles. The number of aromatic hydroxyl groups is 1. The molecule has 0 aliphatic carbocycles. The molecular formula is C20H14N2OS2.